The first-order chi connectivity index (χ1) is 7.81. The summed E-state index contributed by atoms with van der Waals surface area (Å²) in [5.74, 6) is 0. The van der Waals surface area contributed by atoms with Gasteiger partial charge in [-0.15, -0.1) is 11.3 Å². The first-order valence-corrected chi connectivity index (χ1v) is 7.17. The highest BCUT2D eigenvalue weighted by atomic mass is 32.1. The molecule has 1 aliphatic heterocycles. The standard InChI is InChI=1S/C13H22N2S/c1-3-15-7-4-5-12(15)9-14-10-13-11(2)6-8-16-13/h6,8,12,14H,3-5,7,9-10H2,1-2H3. The Hall–Kier alpha value is -0.380. The summed E-state index contributed by atoms with van der Waals surface area (Å²) in [6, 6.07) is 2.97. The van der Waals surface area contributed by atoms with Gasteiger partial charge in [-0.2, -0.15) is 0 Å². The molecule has 0 bridgehead atoms. The molecule has 1 aromatic rings. The normalized spacial score (nSPS) is 21.8. The van der Waals surface area contributed by atoms with Crippen LogP contribution >= 0.6 is 11.3 Å². The van der Waals surface area contributed by atoms with E-state index in [1.807, 2.05) is 11.3 Å². The lowest BCUT2D eigenvalue weighted by Crippen LogP contribution is -2.37. The molecule has 3 heteroatoms. The highest BCUT2D eigenvalue weighted by Gasteiger charge is 2.22. The molecule has 1 saturated heterocycles. The minimum Gasteiger partial charge on any atom is -0.310 e. The second-order valence-electron chi connectivity index (χ2n) is 4.58. The zero-order valence-electron chi connectivity index (χ0n) is 10.3. The van der Waals surface area contributed by atoms with Gasteiger partial charge in [-0.1, -0.05) is 6.92 Å². The molecule has 1 aliphatic rings. The van der Waals surface area contributed by atoms with Gasteiger partial charge in [0.15, 0.2) is 0 Å². The average molecular weight is 238 g/mol. The number of nitrogens with one attached hydrogen (secondary N) is 1. The van der Waals surface area contributed by atoms with Crippen LogP contribution < -0.4 is 5.32 Å². The summed E-state index contributed by atoms with van der Waals surface area (Å²) < 4.78 is 0. The highest BCUT2D eigenvalue weighted by molar-refractivity contribution is 7.10. The van der Waals surface area contributed by atoms with E-state index in [0.717, 1.165) is 19.1 Å². The van der Waals surface area contributed by atoms with Crippen LogP contribution in [0.4, 0.5) is 0 Å². The van der Waals surface area contributed by atoms with Crippen LogP contribution in [0, 0.1) is 6.92 Å². The van der Waals surface area contributed by atoms with Crippen LogP contribution in [0.5, 0.6) is 0 Å². The Morgan fingerprint density at radius 1 is 1.56 bits per heavy atom. The van der Waals surface area contributed by atoms with Crippen molar-refractivity contribution in [3.05, 3.63) is 21.9 Å². The molecule has 0 aromatic carbocycles. The maximum Gasteiger partial charge on any atom is 0.0303 e. The van der Waals surface area contributed by atoms with E-state index in [9.17, 15) is 0 Å². The number of hydrogen-bond acceptors (Lipinski definition) is 3. The van der Waals surface area contributed by atoms with Gasteiger partial charge in [0.05, 0.1) is 0 Å². The van der Waals surface area contributed by atoms with Gasteiger partial charge in [-0.3, -0.25) is 4.90 Å². The van der Waals surface area contributed by atoms with Crippen molar-refractivity contribution in [3.63, 3.8) is 0 Å². The third kappa shape index (κ3) is 2.84. The summed E-state index contributed by atoms with van der Waals surface area (Å²) in [5.41, 5.74) is 1.43. The molecular weight excluding hydrogens is 216 g/mol. The minimum absolute atomic E-state index is 0.769. The van der Waals surface area contributed by atoms with Crippen LogP contribution in [0.3, 0.4) is 0 Å². The second-order valence-corrected chi connectivity index (χ2v) is 5.58. The SMILES string of the molecule is CCN1CCCC1CNCc1sccc1C. The molecular formula is C13H22N2S. The van der Waals surface area contributed by atoms with Crippen molar-refractivity contribution < 1.29 is 0 Å². The second kappa shape index (κ2) is 5.80. The average Bonchev–Trinajstić information content (AvgIpc) is 2.88. The lowest BCUT2D eigenvalue weighted by Gasteiger charge is -2.22. The summed E-state index contributed by atoms with van der Waals surface area (Å²) in [7, 11) is 0. The van der Waals surface area contributed by atoms with E-state index in [2.05, 4.69) is 35.5 Å². The van der Waals surface area contributed by atoms with Crippen molar-refractivity contribution >= 4 is 11.3 Å². The first kappa shape index (κ1) is 12.1. The molecule has 1 fully saturated rings. The minimum atomic E-state index is 0.769. The van der Waals surface area contributed by atoms with Crippen LogP contribution in [-0.4, -0.2) is 30.6 Å². The summed E-state index contributed by atoms with van der Waals surface area (Å²) in [6.07, 6.45) is 2.74. The summed E-state index contributed by atoms with van der Waals surface area (Å²) in [5, 5.41) is 5.78. The molecule has 1 aromatic heterocycles. The van der Waals surface area contributed by atoms with Gasteiger partial charge >= 0.3 is 0 Å². The van der Waals surface area contributed by atoms with Crippen molar-refractivity contribution in [2.24, 2.45) is 0 Å². The predicted molar refractivity (Wildman–Crippen MR) is 71.0 cm³/mol. The molecule has 0 amide bonds. The summed E-state index contributed by atoms with van der Waals surface area (Å²) in [6.45, 7) is 9.14. The fraction of sp³-hybridized carbons (Fsp3) is 0.692. The number of likely N-dealkylation sites (tertiary alicyclic amines) is 1. The fourth-order valence-corrected chi connectivity index (χ4v) is 3.36. The Balaban J connectivity index is 1.74. The summed E-state index contributed by atoms with van der Waals surface area (Å²) >= 11 is 1.86. The van der Waals surface area contributed by atoms with Crippen LogP contribution in [-0.2, 0) is 6.54 Å². The van der Waals surface area contributed by atoms with Gasteiger partial charge in [0, 0.05) is 24.0 Å². The third-order valence-electron chi connectivity index (χ3n) is 3.54. The summed E-state index contributed by atoms with van der Waals surface area (Å²) in [4.78, 5) is 4.08. The molecule has 2 nitrogen and oxygen atoms in total. The Labute approximate surface area is 103 Å². The molecule has 1 N–H and O–H groups in total. The van der Waals surface area contributed by atoms with Crippen molar-refractivity contribution in [2.75, 3.05) is 19.6 Å². The quantitative estimate of drug-likeness (QED) is 0.848. The molecule has 0 saturated carbocycles. The van der Waals surface area contributed by atoms with E-state index in [0.29, 0.717) is 0 Å². The molecule has 1 unspecified atom stereocenters. The Morgan fingerprint density at radius 3 is 3.12 bits per heavy atom. The van der Waals surface area contributed by atoms with Crippen LogP contribution in [0.25, 0.3) is 0 Å². The van der Waals surface area contributed by atoms with Crippen molar-refractivity contribution in [1.29, 1.82) is 0 Å². The smallest absolute Gasteiger partial charge is 0.0303 e. The van der Waals surface area contributed by atoms with Gasteiger partial charge in [0.25, 0.3) is 0 Å². The van der Waals surface area contributed by atoms with Gasteiger partial charge < -0.3 is 5.32 Å². The molecule has 2 rings (SSSR count). The lowest BCUT2D eigenvalue weighted by atomic mass is 10.2. The van der Waals surface area contributed by atoms with E-state index in [-0.39, 0.29) is 0 Å². The lowest BCUT2D eigenvalue weighted by molar-refractivity contribution is 0.260. The van der Waals surface area contributed by atoms with Crippen molar-refractivity contribution in [1.82, 2.24) is 10.2 Å². The maximum atomic E-state index is 3.60. The fourth-order valence-electron chi connectivity index (χ4n) is 2.48. The van der Waals surface area contributed by atoms with E-state index < -0.39 is 0 Å². The third-order valence-corrected chi connectivity index (χ3v) is 4.56. The number of rotatable bonds is 5. The molecule has 2 heterocycles. The highest BCUT2D eigenvalue weighted by Crippen LogP contribution is 2.17. The van der Waals surface area contributed by atoms with E-state index in [1.54, 1.807) is 0 Å². The largest absolute Gasteiger partial charge is 0.310 e. The van der Waals surface area contributed by atoms with Crippen molar-refractivity contribution in [2.45, 2.75) is 39.3 Å². The van der Waals surface area contributed by atoms with Gasteiger partial charge in [-0.25, -0.2) is 0 Å². The van der Waals surface area contributed by atoms with Gasteiger partial charge in [-0.05, 0) is 49.9 Å². The van der Waals surface area contributed by atoms with Crippen molar-refractivity contribution in [3.8, 4) is 0 Å². The predicted octanol–water partition coefficient (Wildman–Crippen LogP) is 2.63. The van der Waals surface area contributed by atoms with Crippen LogP contribution in [0.2, 0.25) is 0 Å². The van der Waals surface area contributed by atoms with E-state index in [1.165, 1.54) is 36.4 Å². The number of likely N-dealkylation sites (N-methyl/N-ethyl adjacent to an activating group) is 1. The Kier molecular flexibility index (Phi) is 4.38. The van der Waals surface area contributed by atoms with Gasteiger partial charge in [0.1, 0.15) is 0 Å². The number of nitrogens with zero attached hydrogens (tertiary/aromatic N) is 1. The monoisotopic (exact) mass is 238 g/mol. The number of hydrogen-bond donors (Lipinski definition) is 1. The first-order valence-electron chi connectivity index (χ1n) is 6.29. The zero-order chi connectivity index (χ0) is 11.4. The molecule has 0 aliphatic carbocycles. The molecule has 1 atom stereocenters. The van der Waals surface area contributed by atoms with E-state index in [4.69, 9.17) is 0 Å². The van der Waals surface area contributed by atoms with Crippen LogP contribution in [0.15, 0.2) is 11.4 Å². The topological polar surface area (TPSA) is 15.3 Å². The van der Waals surface area contributed by atoms with E-state index >= 15 is 0 Å². The Morgan fingerprint density at radius 2 is 2.44 bits per heavy atom. The molecule has 90 valence electrons. The number of aryl methyl sites for hydroxylation is 1. The number of thiophene rings is 1. The zero-order valence-corrected chi connectivity index (χ0v) is 11.1. The maximum absolute atomic E-state index is 3.60. The molecule has 0 radical (unpaired) electrons. The van der Waals surface area contributed by atoms with Gasteiger partial charge in [0.2, 0.25) is 0 Å². The van der Waals surface area contributed by atoms with Crippen LogP contribution in [0.1, 0.15) is 30.2 Å². The molecule has 16 heavy (non-hydrogen) atoms. The molecule has 0 spiro atoms. The Bertz CT molecular complexity index is 321.